The van der Waals surface area contributed by atoms with E-state index >= 15 is 0 Å². The van der Waals surface area contributed by atoms with E-state index in [1.165, 1.54) is 0 Å². The first-order valence-electron chi connectivity index (χ1n) is 26.2. The van der Waals surface area contributed by atoms with Crippen molar-refractivity contribution in [3.05, 3.63) is 145 Å². The third kappa shape index (κ3) is 10.1. The molecule has 0 fully saturated rings. The number of unbranched alkanes of at least 4 members (excludes halogenated alkanes) is 4. The highest BCUT2D eigenvalue weighted by molar-refractivity contribution is 6.22. The number of fused-ring (bicyclic) bond motifs is 4. The summed E-state index contributed by atoms with van der Waals surface area (Å²) in [6, 6.07) is 47.5. The van der Waals surface area contributed by atoms with Gasteiger partial charge in [-0.1, -0.05) is 181 Å². The maximum Gasteiger partial charge on any atom is 0.170 e. The van der Waals surface area contributed by atoms with Crippen LogP contribution in [0.15, 0.2) is 140 Å². The van der Waals surface area contributed by atoms with Crippen molar-refractivity contribution >= 4 is 43.1 Å². The minimum Gasteiger partial charge on any atom is -0.504 e. The van der Waals surface area contributed by atoms with E-state index in [1.54, 1.807) is 20.3 Å². The molecule has 0 unspecified atom stereocenters. The zero-order valence-corrected chi connectivity index (χ0v) is 43.3. The monoisotopic (exact) mass is 976 g/mol. The Kier molecular flexibility index (Phi) is 16.4. The number of ether oxygens (including phenoxy) is 7. The Morgan fingerprint density at radius 3 is 1.12 bits per heavy atom. The third-order valence-corrected chi connectivity index (χ3v) is 13.6. The second kappa shape index (κ2) is 23.8. The highest BCUT2D eigenvalue weighted by Crippen LogP contribution is 2.61. The summed E-state index contributed by atoms with van der Waals surface area (Å²) < 4.78 is 48.3. The summed E-state index contributed by atoms with van der Waals surface area (Å²) in [7, 11) is 3.43. The van der Waals surface area contributed by atoms with Crippen molar-refractivity contribution < 1.29 is 38.3 Å². The van der Waals surface area contributed by atoms with Gasteiger partial charge in [0, 0.05) is 33.4 Å². The van der Waals surface area contributed by atoms with Crippen molar-refractivity contribution in [3.8, 4) is 79.4 Å². The van der Waals surface area contributed by atoms with Gasteiger partial charge in [-0.15, -0.1) is 0 Å². The lowest BCUT2D eigenvalue weighted by Gasteiger charge is -2.28. The van der Waals surface area contributed by atoms with E-state index in [9.17, 15) is 5.11 Å². The van der Waals surface area contributed by atoms with Gasteiger partial charge < -0.3 is 38.3 Å². The average Bonchev–Trinajstić information content (AvgIpc) is 3.42. The zero-order valence-electron chi connectivity index (χ0n) is 43.3. The minimum absolute atomic E-state index is 0.0636. The summed E-state index contributed by atoms with van der Waals surface area (Å²) >= 11 is 0. The molecular formula is C65H68O8. The van der Waals surface area contributed by atoms with Crippen LogP contribution in [0.25, 0.3) is 76.5 Å². The van der Waals surface area contributed by atoms with Crippen molar-refractivity contribution in [2.45, 2.75) is 85.7 Å². The fourth-order valence-electron chi connectivity index (χ4n) is 9.96. The Hall–Kier alpha value is -7.58. The van der Waals surface area contributed by atoms with E-state index < -0.39 is 0 Å². The van der Waals surface area contributed by atoms with Crippen LogP contribution in [0.1, 0.15) is 84.6 Å². The molecule has 0 aromatic heterocycles. The maximum absolute atomic E-state index is 11.9. The molecule has 9 aromatic carbocycles. The summed E-state index contributed by atoms with van der Waals surface area (Å²) in [5.41, 5.74) is 5.87. The van der Waals surface area contributed by atoms with Crippen molar-refractivity contribution in [1.29, 1.82) is 0 Å². The van der Waals surface area contributed by atoms with Crippen molar-refractivity contribution in [1.82, 2.24) is 0 Å². The Bertz CT molecular complexity index is 3340. The molecule has 9 rings (SSSR count). The number of phenols is 1. The first-order valence-corrected chi connectivity index (χ1v) is 26.2. The standard InChI is InChI=1S/C65H68O8/c1-7-11-36-69-60-52(66)40-44-28-18-20-30-46(44)54(60)58-50-34-24-22-32-48(50)56(62(67-5)64(58)71-38-13-9-3)57-49-33-23-25-35-51(49)59(65(63(57)68-6)72-39-14-10-4)55-47-31-21-19-29-45(47)41-53(61(55)70-37-12-8-2)73-42-43-26-16-15-17-27-43/h15-35,40-41,66H,7-14,36-39,42H2,1-6H3. The first kappa shape index (κ1) is 50.4. The summed E-state index contributed by atoms with van der Waals surface area (Å²) in [5.74, 6) is 3.98. The molecular weight excluding hydrogens is 909 g/mol. The van der Waals surface area contributed by atoms with Crippen LogP contribution in [0.4, 0.5) is 0 Å². The number of phenolic OH excluding ortho intramolecular Hbond substituents is 1. The lowest BCUT2D eigenvalue weighted by Crippen LogP contribution is -2.08. The van der Waals surface area contributed by atoms with Crippen LogP contribution in [0.3, 0.4) is 0 Å². The molecule has 8 nitrogen and oxygen atoms in total. The van der Waals surface area contributed by atoms with Crippen LogP contribution in [0.5, 0.6) is 46.0 Å². The molecule has 9 aromatic rings. The minimum atomic E-state index is 0.0636. The van der Waals surface area contributed by atoms with Crippen LogP contribution in [0, 0.1) is 0 Å². The quantitative estimate of drug-likeness (QED) is 0.0600. The molecule has 8 heteroatoms. The number of aromatic hydroxyl groups is 1. The summed E-state index contributed by atoms with van der Waals surface area (Å²) in [5, 5.41) is 19.3. The van der Waals surface area contributed by atoms with Gasteiger partial charge in [0.25, 0.3) is 0 Å². The molecule has 0 atom stereocenters. The predicted octanol–water partition coefficient (Wildman–Crippen LogP) is 17.3. The van der Waals surface area contributed by atoms with Crippen LogP contribution in [0.2, 0.25) is 0 Å². The topological polar surface area (TPSA) is 84.8 Å². The van der Waals surface area contributed by atoms with Crippen molar-refractivity contribution in [2.24, 2.45) is 0 Å². The molecule has 73 heavy (non-hydrogen) atoms. The van der Waals surface area contributed by atoms with Gasteiger partial charge in [-0.2, -0.15) is 0 Å². The lowest BCUT2D eigenvalue weighted by atomic mass is 9.83. The average molecular weight is 977 g/mol. The number of hydrogen-bond donors (Lipinski definition) is 1. The summed E-state index contributed by atoms with van der Waals surface area (Å²) in [6.45, 7) is 10.8. The van der Waals surface area contributed by atoms with Crippen LogP contribution >= 0.6 is 0 Å². The maximum atomic E-state index is 11.9. The third-order valence-electron chi connectivity index (χ3n) is 13.6. The van der Waals surface area contributed by atoms with Gasteiger partial charge >= 0.3 is 0 Å². The van der Waals surface area contributed by atoms with Gasteiger partial charge in [-0.05, 0) is 86.5 Å². The Morgan fingerprint density at radius 1 is 0.342 bits per heavy atom. The van der Waals surface area contributed by atoms with E-state index in [-0.39, 0.29) is 5.75 Å². The molecule has 0 bridgehead atoms. The van der Waals surface area contributed by atoms with Crippen molar-refractivity contribution in [2.75, 3.05) is 40.6 Å². The Balaban J connectivity index is 1.42. The highest BCUT2D eigenvalue weighted by Gasteiger charge is 2.34. The van der Waals surface area contributed by atoms with Gasteiger partial charge in [0.15, 0.2) is 46.0 Å². The molecule has 0 aliphatic carbocycles. The van der Waals surface area contributed by atoms with Gasteiger partial charge in [0.05, 0.1) is 40.6 Å². The number of methoxy groups -OCH3 is 2. The van der Waals surface area contributed by atoms with Gasteiger partial charge in [0.2, 0.25) is 0 Å². The fourth-order valence-corrected chi connectivity index (χ4v) is 9.96. The molecule has 0 saturated heterocycles. The summed E-state index contributed by atoms with van der Waals surface area (Å²) in [4.78, 5) is 0. The molecule has 0 spiro atoms. The normalized spacial score (nSPS) is 11.4. The number of benzene rings is 9. The smallest absolute Gasteiger partial charge is 0.170 e. The number of hydrogen-bond acceptors (Lipinski definition) is 8. The molecule has 1 N–H and O–H groups in total. The van der Waals surface area contributed by atoms with Crippen LogP contribution in [-0.2, 0) is 6.61 Å². The lowest BCUT2D eigenvalue weighted by molar-refractivity contribution is 0.260. The summed E-state index contributed by atoms with van der Waals surface area (Å²) in [6.07, 6.45) is 7.09. The molecule has 0 saturated carbocycles. The van der Waals surface area contributed by atoms with Gasteiger partial charge in [-0.25, -0.2) is 0 Å². The second-order valence-electron chi connectivity index (χ2n) is 18.5. The van der Waals surface area contributed by atoms with Crippen LogP contribution in [-0.4, -0.2) is 45.8 Å². The van der Waals surface area contributed by atoms with E-state index in [1.807, 2.05) is 36.4 Å². The van der Waals surface area contributed by atoms with Gasteiger partial charge in [0.1, 0.15) is 6.61 Å². The molecule has 0 amide bonds. The molecule has 376 valence electrons. The van der Waals surface area contributed by atoms with Gasteiger partial charge in [-0.3, -0.25) is 0 Å². The van der Waals surface area contributed by atoms with E-state index in [2.05, 4.69) is 125 Å². The first-order chi connectivity index (χ1) is 36.0. The molecule has 0 aliphatic rings. The zero-order chi connectivity index (χ0) is 50.7. The molecule has 0 heterocycles. The molecule has 0 aliphatic heterocycles. The van der Waals surface area contributed by atoms with E-state index in [0.29, 0.717) is 73.3 Å². The fraction of sp³-hybridized carbons (Fsp3) is 0.292. The van der Waals surface area contributed by atoms with E-state index in [4.69, 9.17) is 33.2 Å². The SMILES string of the molecule is CCCCOc1c(O)cc2ccccc2c1-c1c(OCCCC)c(OC)c(-c2c(OC)c(OCCCC)c(-c3c(OCCCC)c(OCc4ccccc4)cc4ccccc34)c3ccccc23)c2ccccc12. The molecule has 0 radical (unpaired) electrons. The van der Waals surface area contributed by atoms with Crippen LogP contribution < -0.4 is 33.2 Å². The Labute approximate surface area is 430 Å². The largest absolute Gasteiger partial charge is 0.504 e. The highest BCUT2D eigenvalue weighted by atomic mass is 16.5. The Morgan fingerprint density at radius 2 is 0.685 bits per heavy atom. The number of rotatable bonds is 24. The van der Waals surface area contributed by atoms with Crippen molar-refractivity contribution in [3.63, 3.8) is 0 Å². The van der Waals surface area contributed by atoms with E-state index in [0.717, 1.165) is 133 Å². The predicted molar refractivity (Wildman–Crippen MR) is 300 cm³/mol. The second-order valence-corrected chi connectivity index (χ2v) is 18.5.